The minimum atomic E-state index is -0.508. The number of aromatic nitrogens is 6. The van der Waals surface area contributed by atoms with Crippen molar-refractivity contribution in [2.75, 3.05) is 6.54 Å². The molecule has 0 aliphatic rings. The van der Waals surface area contributed by atoms with Crippen LogP contribution in [0.2, 0.25) is 0 Å². The van der Waals surface area contributed by atoms with Crippen LogP contribution in [0, 0.1) is 0 Å². The summed E-state index contributed by atoms with van der Waals surface area (Å²) in [6, 6.07) is 17.8. The number of hydrogen-bond donors (Lipinski definition) is 1. The van der Waals surface area contributed by atoms with Gasteiger partial charge in [-0.25, -0.2) is 9.67 Å². The van der Waals surface area contributed by atoms with Crippen molar-refractivity contribution in [3.63, 3.8) is 0 Å². The summed E-state index contributed by atoms with van der Waals surface area (Å²) in [5.41, 5.74) is 3.14. The molecule has 0 spiro atoms. The molecule has 2 aromatic carbocycles. The van der Waals surface area contributed by atoms with Gasteiger partial charge in [-0.2, -0.15) is 0 Å². The molecule has 0 saturated carbocycles. The third-order valence-electron chi connectivity index (χ3n) is 5.09. The first-order chi connectivity index (χ1) is 14.6. The monoisotopic (exact) mass is 403 g/mol. The molecule has 0 saturated heterocycles. The Morgan fingerprint density at radius 1 is 1.07 bits per heavy atom. The highest BCUT2D eigenvalue weighted by atomic mass is 16.2. The lowest BCUT2D eigenvalue weighted by Crippen LogP contribution is -2.35. The third-order valence-corrected chi connectivity index (χ3v) is 5.09. The Morgan fingerprint density at radius 2 is 1.83 bits per heavy atom. The zero-order chi connectivity index (χ0) is 20.9. The van der Waals surface area contributed by atoms with Crippen molar-refractivity contribution in [3.05, 3.63) is 72.3 Å². The van der Waals surface area contributed by atoms with Crippen molar-refractivity contribution < 1.29 is 4.79 Å². The number of tetrazole rings is 1. The number of nitrogens with zero attached hydrogens (tertiary/aromatic N) is 6. The molecule has 0 fully saturated rings. The number of fused-ring (bicyclic) bond motifs is 1. The maximum atomic E-state index is 13.0. The summed E-state index contributed by atoms with van der Waals surface area (Å²) in [6.07, 6.45) is 2.64. The second-order valence-electron chi connectivity index (χ2n) is 7.52. The first-order valence-electron chi connectivity index (χ1n) is 10.1. The smallest absolute Gasteiger partial charge is 0.245 e. The molecular formula is C22H25N7O. The molecule has 0 aliphatic carbocycles. The van der Waals surface area contributed by atoms with Gasteiger partial charge in [0.25, 0.3) is 0 Å². The van der Waals surface area contributed by atoms with Crippen LogP contribution in [0.4, 0.5) is 0 Å². The minimum absolute atomic E-state index is 0.113. The van der Waals surface area contributed by atoms with E-state index in [9.17, 15) is 4.79 Å². The summed E-state index contributed by atoms with van der Waals surface area (Å²) in [5.74, 6) is 0.854. The zero-order valence-electron chi connectivity index (χ0n) is 17.1. The van der Waals surface area contributed by atoms with E-state index in [4.69, 9.17) is 4.98 Å². The Labute approximate surface area is 174 Å². The Hall–Kier alpha value is -3.55. The SMILES string of the molecule is CC(C)n1c(CCNC(=O)C(Cc2ccccc2)n2cnnn2)nc2ccccc21. The highest BCUT2D eigenvalue weighted by molar-refractivity contribution is 5.80. The van der Waals surface area contributed by atoms with Gasteiger partial charge in [-0.15, -0.1) is 5.10 Å². The molecule has 0 bridgehead atoms. The molecule has 1 N–H and O–H groups in total. The summed E-state index contributed by atoms with van der Waals surface area (Å²) in [7, 11) is 0. The predicted octanol–water partition coefficient (Wildman–Crippen LogP) is 2.75. The van der Waals surface area contributed by atoms with Crippen LogP contribution >= 0.6 is 0 Å². The number of amides is 1. The van der Waals surface area contributed by atoms with E-state index >= 15 is 0 Å². The molecule has 154 valence electrons. The summed E-state index contributed by atoms with van der Waals surface area (Å²) in [5, 5.41) is 14.4. The van der Waals surface area contributed by atoms with Crippen molar-refractivity contribution in [2.24, 2.45) is 0 Å². The molecule has 8 nitrogen and oxygen atoms in total. The van der Waals surface area contributed by atoms with Crippen LogP contribution in [-0.2, 0) is 17.6 Å². The summed E-state index contributed by atoms with van der Waals surface area (Å²) >= 11 is 0. The lowest BCUT2D eigenvalue weighted by atomic mass is 10.1. The van der Waals surface area contributed by atoms with Gasteiger partial charge in [-0.05, 0) is 42.0 Å². The van der Waals surface area contributed by atoms with Crippen LogP contribution in [0.25, 0.3) is 11.0 Å². The second kappa shape index (κ2) is 8.86. The van der Waals surface area contributed by atoms with E-state index in [1.165, 1.54) is 11.0 Å². The van der Waals surface area contributed by atoms with Crippen molar-refractivity contribution >= 4 is 16.9 Å². The quantitative estimate of drug-likeness (QED) is 0.489. The van der Waals surface area contributed by atoms with Gasteiger partial charge in [-0.3, -0.25) is 4.79 Å². The number of imidazole rings is 1. The van der Waals surface area contributed by atoms with Crippen LogP contribution in [-0.4, -0.2) is 42.2 Å². The van der Waals surface area contributed by atoms with Crippen LogP contribution in [0.1, 0.15) is 37.3 Å². The molecular weight excluding hydrogens is 378 g/mol. The first kappa shape index (κ1) is 19.8. The normalized spacial score (nSPS) is 12.4. The molecule has 2 aromatic heterocycles. The zero-order valence-corrected chi connectivity index (χ0v) is 17.1. The fourth-order valence-electron chi connectivity index (χ4n) is 3.72. The summed E-state index contributed by atoms with van der Waals surface area (Å²) < 4.78 is 3.73. The Balaban J connectivity index is 1.46. The average molecular weight is 403 g/mol. The topological polar surface area (TPSA) is 90.5 Å². The van der Waals surface area contributed by atoms with E-state index in [0.717, 1.165) is 22.4 Å². The van der Waals surface area contributed by atoms with E-state index in [2.05, 4.69) is 45.3 Å². The number of carbonyl (C=O) groups is 1. The molecule has 30 heavy (non-hydrogen) atoms. The average Bonchev–Trinajstić information content (AvgIpc) is 3.40. The highest BCUT2D eigenvalue weighted by Gasteiger charge is 2.22. The molecule has 1 unspecified atom stereocenters. The first-order valence-corrected chi connectivity index (χ1v) is 10.1. The Kier molecular flexibility index (Phi) is 5.83. The van der Waals surface area contributed by atoms with Crippen molar-refractivity contribution in [1.29, 1.82) is 0 Å². The Bertz CT molecular complexity index is 1100. The van der Waals surface area contributed by atoms with Crippen molar-refractivity contribution in [2.45, 2.75) is 38.8 Å². The molecule has 1 atom stereocenters. The molecule has 4 aromatic rings. The van der Waals surface area contributed by atoms with Crippen LogP contribution < -0.4 is 5.32 Å². The van der Waals surface area contributed by atoms with E-state index in [1.54, 1.807) is 0 Å². The second-order valence-corrected chi connectivity index (χ2v) is 7.52. The van der Waals surface area contributed by atoms with Gasteiger partial charge in [-0.1, -0.05) is 42.5 Å². The van der Waals surface area contributed by atoms with Crippen LogP contribution in [0.15, 0.2) is 60.9 Å². The molecule has 4 rings (SSSR count). The lowest BCUT2D eigenvalue weighted by Gasteiger charge is -2.17. The lowest BCUT2D eigenvalue weighted by molar-refractivity contribution is -0.124. The number of para-hydroxylation sites is 2. The van der Waals surface area contributed by atoms with E-state index in [-0.39, 0.29) is 11.9 Å². The van der Waals surface area contributed by atoms with Crippen LogP contribution in [0.3, 0.4) is 0 Å². The fourth-order valence-corrected chi connectivity index (χ4v) is 3.72. The van der Waals surface area contributed by atoms with Gasteiger partial charge in [0.15, 0.2) is 0 Å². The summed E-state index contributed by atoms with van der Waals surface area (Å²) in [4.78, 5) is 17.7. The maximum Gasteiger partial charge on any atom is 0.245 e. The molecule has 0 radical (unpaired) electrons. The Morgan fingerprint density at radius 3 is 2.57 bits per heavy atom. The number of nitrogens with one attached hydrogen (secondary N) is 1. The van der Waals surface area contributed by atoms with Crippen molar-refractivity contribution in [3.8, 4) is 0 Å². The van der Waals surface area contributed by atoms with Crippen LogP contribution in [0.5, 0.6) is 0 Å². The van der Waals surface area contributed by atoms with Gasteiger partial charge < -0.3 is 9.88 Å². The van der Waals surface area contributed by atoms with E-state index in [0.29, 0.717) is 19.4 Å². The molecule has 0 aliphatic heterocycles. The number of carbonyl (C=O) groups excluding carboxylic acids is 1. The highest BCUT2D eigenvalue weighted by Crippen LogP contribution is 2.21. The largest absolute Gasteiger partial charge is 0.354 e. The molecule has 1 amide bonds. The standard InChI is InChI=1S/C22H25N7O/c1-16(2)29-19-11-7-6-10-18(19)25-21(29)12-13-23-22(30)20(28-15-24-26-27-28)14-17-8-4-3-5-9-17/h3-11,15-16,20H,12-14H2,1-2H3,(H,23,30). The van der Waals surface area contributed by atoms with E-state index < -0.39 is 6.04 Å². The third kappa shape index (κ3) is 4.22. The number of hydrogen-bond acceptors (Lipinski definition) is 5. The molecule has 2 heterocycles. The van der Waals surface area contributed by atoms with Gasteiger partial charge >= 0.3 is 0 Å². The minimum Gasteiger partial charge on any atom is -0.354 e. The van der Waals surface area contributed by atoms with E-state index in [1.807, 2.05) is 48.5 Å². The fraction of sp³-hybridized carbons (Fsp3) is 0.318. The number of benzene rings is 2. The maximum absolute atomic E-state index is 13.0. The van der Waals surface area contributed by atoms with Crippen molar-refractivity contribution in [1.82, 2.24) is 35.1 Å². The van der Waals surface area contributed by atoms with Gasteiger partial charge in [0.2, 0.25) is 5.91 Å². The van der Waals surface area contributed by atoms with Gasteiger partial charge in [0.1, 0.15) is 18.2 Å². The van der Waals surface area contributed by atoms with Gasteiger partial charge in [0, 0.05) is 25.4 Å². The summed E-state index contributed by atoms with van der Waals surface area (Å²) in [6.45, 7) is 4.77. The molecule has 8 heteroatoms. The van der Waals surface area contributed by atoms with Gasteiger partial charge in [0.05, 0.1) is 11.0 Å². The predicted molar refractivity (Wildman–Crippen MR) is 114 cm³/mol. The number of rotatable bonds is 8.